The van der Waals surface area contributed by atoms with Crippen molar-refractivity contribution in [1.29, 1.82) is 0 Å². The summed E-state index contributed by atoms with van der Waals surface area (Å²) in [6, 6.07) is 16.3. The van der Waals surface area contributed by atoms with Crippen LogP contribution in [0.25, 0.3) is 21.5 Å². The highest BCUT2D eigenvalue weighted by Gasteiger charge is 2.03. The number of hydrogen-bond acceptors (Lipinski definition) is 1. The van der Waals surface area contributed by atoms with E-state index < -0.39 is 0 Å². The molecule has 3 aromatic rings. The number of anilines is 1. The van der Waals surface area contributed by atoms with Crippen LogP contribution >= 0.6 is 11.6 Å². The van der Waals surface area contributed by atoms with E-state index in [1.54, 1.807) is 0 Å². The van der Waals surface area contributed by atoms with Crippen LogP contribution in [0.5, 0.6) is 0 Å². The standard InChI is InChI=1S/C14H10ClN/c15-13-6-5-11-7-9-3-1-2-4-10(9)8-12(11)14(13)16/h1-8H,16H2. The Labute approximate surface area is 98.4 Å². The lowest BCUT2D eigenvalue weighted by atomic mass is 10.0. The first kappa shape index (κ1) is 9.49. The Kier molecular flexibility index (Phi) is 2.01. The van der Waals surface area contributed by atoms with Gasteiger partial charge in [0.1, 0.15) is 0 Å². The molecule has 0 saturated heterocycles. The van der Waals surface area contributed by atoms with Gasteiger partial charge in [-0.3, -0.25) is 0 Å². The van der Waals surface area contributed by atoms with Gasteiger partial charge in [0.25, 0.3) is 0 Å². The number of nitrogens with two attached hydrogens (primary N) is 1. The molecule has 0 aliphatic heterocycles. The summed E-state index contributed by atoms with van der Waals surface area (Å²) in [4.78, 5) is 0. The lowest BCUT2D eigenvalue weighted by Crippen LogP contribution is -1.88. The first-order valence-electron chi connectivity index (χ1n) is 5.12. The number of hydrogen-bond donors (Lipinski definition) is 1. The predicted molar refractivity (Wildman–Crippen MR) is 70.9 cm³/mol. The highest BCUT2D eigenvalue weighted by atomic mass is 35.5. The molecule has 0 fully saturated rings. The van der Waals surface area contributed by atoms with E-state index in [-0.39, 0.29) is 0 Å². The fourth-order valence-corrected chi connectivity index (χ4v) is 2.18. The maximum atomic E-state index is 6.01. The number of halogens is 1. The molecule has 3 aromatic carbocycles. The molecule has 0 atom stereocenters. The molecule has 0 radical (unpaired) electrons. The van der Waals surface area contributed by atoms with Gasteiger partial charge in [0.2, 0.25) is 0 Å². The van der Waals surface area contributed by atoms with Crippen LogP contribution in [0, 0.1) is 0 Å². The first-order valence-corrected chi connectivity index (χ1v) is 5.50. The van der Waals surface area contributed by atoms with E-state index in [0.29, 0.717) is 10.7 Å². The minimum atomic E-state index is 0.614. The van der Waals surface area contributed by atoms with E-state index in [4.69, 9.17) is 17.3 Å². The Morgan fingerprint density at radius 1 is 0.812 bits per heavy atom. The van der Waals surface area contributed by atoms with Crippen molar-refractivity contribution in [2.24, 2.45) is 0 Å². The van der Waals surface area contributed by atoms with E-state index >= 15 is 0 Å². The third kappa shape index (κ3) is 1.33. The third-order valence-corrected chi connectivity index (χ3v) is 3.20. The average Bonchev–Trinajstić information content (AvgIpc) is 2.32. The van der Waals surface area contributed by atoms with Crippen molar-refractivity contribution in [2.45, 2.75) is 0 Å². The SMILES string of the molecule is Nc1c(Cl)ccc2cc3ccccc3cc12. The van der Waals surface area contributed by atoms with Gasteiger partial charge < -0.3 is 5.73 Å². The Bertz CT molecular complexity index is 689. The van der Waals surface area contributed by atoms with Crippen molar-refractivity contribution in [1.82, 2.24) is 0 Å². The molecule has 2 heteroatoms. The summed E-state index contributed by atoms with van der Waals surface area (Å²) in [7, 11) is 0. The summed E-state index contributed by atoms with van der Waals surface area (Å²) in [5.41, 5.74) is 6.63. The number of benzene rings is 3. The summed E-state index contributed by atoms with van der Waals surface area (Å²) in [6.45, 7) is 0. The zero-order chi connectivity index (χ0) is 11.1. The van der Waals surface area contributed by atoms with Gasteiger partial charge in [-0.15, -0.1) is 0 Å². The lowest BCUT2D eigenvalue weighted by Gasteiger charge is -2.06. The Balaban J connectivity index is 2.51. The van der Waals surface area contributed by atoms with Gasteiger partial charge in [-0.05, 0) is 34.4 Å². The van der Waals surface area contributed by atoms with Crippen LogP contribution in [0.3, 0.4) is 0 Å². The predicted octanol–water partition coefficient (Wildman–Crippen LogP) is 4.23. The normalized spacial score (nSPS) is 11.1. The van der Waals surface area contributed by atoms with Gasteiger partial charge in [0, 0.05) is 5.39 Å². The van der Waals surface area contributed by atoms with Gasteiger partial charge in [0.05, 0.1) is 10.7 Å². The smallest absolute Gasteiger partial charge is 0.0642 e. The molecule has 1 nitrogen and oxygen atoms in total. The quantitative estimate of drug-likeness (QED) is 0.451. The Morgan fingerprint density at radius 3 is 2.25 bits per heavy atom. The van der Waals surface area contributed by atoms with E-state index in [2.05, 4.69) is 24.3 Å². The zero-order valence-electron chi connectivity index (χ0n) is 8.57. The molecule has 0 bridgehead atoms. The van der Waals surface area contributed by atoms with Gasteiger partial charge in [-0.1, -0.05) is 41.9 Å². The van der Waals surface area contributed by atoms with Crippen LogP contribution < -0.4 is 5.73 Å². The van der Waals surface area contributed by atoms with Gasteiger partial charge in [0.15, 0.2) is 0 Å². The second-order valence-electron chi connectivity index (χ2n) is 3.88. The third-order valence-electron chi connectivity index (χ3n) is 2.87. The molecule has 16 heavy (non-hydrogen) atoms. The van der Waals surface area contributed by atoms with Crippen LogP contribution in [-0.2, 0) is 0 Å². The van der Waals surface area contributed by atoms with Crippen LogP contribution in [0.4, 0.5) is 5.69 Å². The molecule has 0 heterocycles. The van der Waals surface area contributed by atoms with Crippen LogP contribution in [-0.4, -0.2) is 0 Å². The monoisotopic (exact) mass is 227 g/mol. The van der Waals surface area contributed by atoms with Gasteiger partial charge in [-0.2, -0.15) is 0 Å². The summed E-state index contributed by atoms with van der Waals surface area (Å²) in [5, 5.41) is 5.16. The average molecular weight is 228 g/mol. The molecule has 0 aliphatic carbocycles. The Hall–Kier alpha value is -1.73. The van der Waals surface area contributed by atoms with Crippen molar-refractivity contribution < 1.29 is 0 Å². The summed E-state index contributed by atoms with van der Waals surface area (Å²) >= 11 is 6.01. The summed E-state index contributed by atoms with van der Waals surface area (Å²) in [5.74, 6) is 0. The maximum Gasteiger partial charge on any atom is 0.0642 e. The summed E-state index contributed by atoms with van der Waals surface area (Å²) in [6.07, 6.45) is 0. The minimum absolute atomic E-state index is 0.614. The van der Waals surface area contributed by atoms with Gasteiger partial charge in [-0.25, -0.2) is 0 Å². The van der Waals surface area contributed by atoms with E-state index in [1.165, 1.54) is 10.8 Å². The van der Waals surface area contributed by atoms with Crippen molar-refractivity contribution in [3.63, 3.8) is 0 Å². The topological polar surface area (TPSA) is 26.0 Å². The van der Waals surface area contributed by atoms with Crippen molar-refractivity contribution in [2.75, 3.05) is 5.73 Å². The van der Waals surface area contributed by atoms with Crippen molar-refractivity contribution in [3.05, 3.63) is 53.6 Å². The first-order chi connectivity index (χ1) is 7.75. The number of rotatable bonds is 0. The molecule has 2 N–H and O–H groups in total. The highest BCUT2D eigenvalue weighted by Crippen LogP contribution is 2.31. The minimum Gasteiger partial charge on any atom is -0.397 e. The van der Waals surface area contributed by atoms with Crippen molar-refractivity contribution >= 4 is 38.8 Å². The van der Waals surface area contributed by atoms with Gasteiger partial charge >= 0.3 is 0 Å². The second-order valence-corrected chi connectivity index (χ2v) is 4.29. The molecule has 0 amide bonds. The van der Waals surface area contributed by atoms with Crippen LogP contribution in [0.1, 0.15) is 0 Å². The van der Waals surface area contributed by atoms with Crippen LogP contribution in [0.15, 0.2) is 48.5 Å². The zero-order valence-corrected chi connectivity index (χ0v) is 9.33. The molecule has 0 unspecified atom stereocenters. The van der Waals surface area contributed by atoms with E-state index in [1.807, 2.05) is 24.3 Å². The number of fused-ring (bicyclic) bond motifs is 2. The van der Waals surface area contributed by atoms with E-state index in [9.17, 15) is 0 Å². The van der Waals surface area contributed by atoms with Crippen molar-refractivity contribution in [3.8, 4) is 0 Å². The molecule has 0 aliphatic rings. The second kappa shape index (κ2) is 3.39. The fraction of sp³-hybridized carbons (Fsp3) is 0. The van der Waals surface area contributed by atoms with E-state index in [0.717, 1.165) is 10.8 Å². The molecular weight excluding hydrogens is 218 g/mol. The summed E-state index contributed by atoms with van der Waals surface area (Å²) < 4.78 is 0. The number of nitrogen functional groups attached to an aromatic ring is 1. The largest absolute Gasteiger partial charge is 0.397 e. The molecule has 3 rings (SSSR count). The molecule has 0 saturated carbocycles. The highest BCUT2D eigenvalue weighted by molar-refractivity contribution is 6.34. The molecular formula is C14H10ClN. The lowest BCUT2D eigenvalue weighted by molar-refractivity contribution is 1.74. The fourth-order valence-electron chi connectivity index (χ4n) is 2.01. The Morgan fingerprint density at radius 2 is 1.50 bits per heavy atom. The molecule has 0 aromatic heterocycles. The molecule has 0 spiro atoms. The maximum absolute atomic E-state index is 6.01. The molecule has 78 valence electrons. The van der Waals surface area contributed by atoms with Crippen LogP contribution in [0.2, 0.25) is 5.02 Å².